The van der Waals surface area contributed by atoms with Crippen molar-refractivity contribution in [2.24, 2.45) is 0 Å². The van der Waals surface area contributed by atoms with Gasteiger partial charge in [-0.25, -0.2) is 0 Å². The standard InChI is InChI=1S/C13H12F17N/c1-31(2)5-3-4-6(14,15)7(16,17)8(18,19)9(20,21)10(22,23)11(24,25)12(26,27)13(28,29)30/h3-5H2,1-2H3. The molecule has 0 saturated carbocycles. The van der Waals surface area contributed by atoms with E-state index in [2.05, 4.69) is 0 Å². The maximum absolute atomic E-state index is 13.5. The Morgan fingerprint density at radius 2 is 0.742 bits per heavy atom. The van der Waals surface area contributed by atoms with Gasteiger partial charge in [0.15, 0.2) is 0 Å². The SMILES string of the molecule is CN(C)CCCC(F)(F)C(F)(F)C(F)(F)C(F)(F)C(F)(F)C(F)(F)C(F)(F)C(F)(F)F. The first-order chi connectivity index (χ1) is 13.2. The predicted octanol–water partition coefficient (Wildman–Crippen LogP) is 6.34. The molecule has 0 bridgehead atoms. The number of alkyl halides is 17. The zero-order valence-corrected chi connectivity index (χ0v) is 15.0. The van der Waals surface area contributed by atoms with Crippen LogP contribution in [-0.2, 0) is 0 Å². The highest BCUT2D eigenvalue weighted by molar-refractivity contribution is 5.15. The van der Waals surface area contributed by atoms with Gasteiger partial charge < -0.3 is 4.90 Å². The van der Waals surface area contributed by atoms with E-state index in [9.17, 15) is 74.6 Å². The van der Waals surface area contributed by atoms with E-state index in [-0.39, 0.29) is 0 Å². The fourth-order valence-electron chi connectivity index (χ4n) is 1.97. The Balaban J connectivity index is 6.43. The van der Waals surface area contributed by atoms with Gasteiger partial charge in [-0.2, -0.15) is 74.6 Å². The molecule has 0 heterocycles. The molecular formula is C13H12F17N. The predicted molar refractivity (Wildman–Crippen MR) is 68.5 cm³/mol. The highest BCUT2D eigenvalue weighted by Gasteiger charge is 2.95. The Morgan fingerprint density at radius 1 is 0.452 bits per heavy atom. The molecule has 0 saturated heterocycles. The molecule has 31 heavy (non-hydrogen) atoms. The van der Waals surface area contributed by atoms with Crippen LogP contribution in [0.15, 0.2) is 0 Å². The lowest BCUT2D eigenvalue weighted by molar-refractivity contribution is -0.461. The second-order valence-corrected chi connectivity index (χ2v) is 6.56. The van der Waals surface area contributed by atoms with Crippen molar-refractivity contribution in [1.82, 2.24) is 4.90 Å². The zero-order valence-electron chi connectivity index (χ0n) is 15.0. The Labute approximate surface area is 162 Å². The summed E-state index contributed by atoms with van der Waals surface area (Å²) >= 11 is 0. The van der Waals surface area contributed by atoms with E-state index in [1.165, 1.54) is 0 Å². The van der Waals surface area contributed by atoms with Crippen molar-refractivity contribution < 1.29 is 74.6 Å². The molecule has 0 aliphatic rings. The minimum Gasteiger partial charge on any atom is -0.309 e. The normalized spacial score (nSPS) is 16.3. The number of hydrogen-bond acceptors (Lipinski definition) is 1. The van der Waals surface area contributed by atoms with E-state index < -0.39 is 67.0 Å². The molecule has 0 aromatic heterocycles. The third-order valence-electron chi connectivity index (χ3n) is 3.88. The van der Waals surface area contributed by atoms with E-state index in [0.29, 0.717) is 0 Å². The Hall–Kier alpha value is -1.23. The summed E-state index contributed by atoms with van der Waals surface area (Å²) in [6.07, 6.45) is -11.3. The van der Waals surface area contributed by atoms with Gasteiger partial charge in [0, 0.05) is 6.42 Å². The lowest BCUT2D eigenvalue weighted by Gasteiger charge is -2.42. The highest BCUT2D eigenvalue weighted by Crippen LogP contribution is 2.64. The van der Waals surface area contributed by atoms with Crippen LogP contribution in [0.4, 0.5) is 74.6 Å². The summed E-state index contributed by atoms with van der Waals surface area (Å²) in [5, 5.41) is 0. The second kappa shape index (κ2) is 7.97. The molecule has 0 fully saturated rings. The average Bonchev–Trinajstić information content (AvgIpc) is 2.51. The maximum Gasteiger partial charge on any atom is 0.460 e. The second-order valence-electron chi connectivity index (χ2n) is 6.56. The van der Waals surface area contributed by atoms with Gasteiger partial charge in [-0.1, -0.05) is 0 Å². The van der Waals surface area contributed by atoms with Crippen LogP contribution >= 0.6 is 0 Å². The minimum atomic E-state index is -8.58. The van der Waals surface area contributed by atoms with Crippen LogP contribution in [0.25, 0.3) is 0 Å². The number of hydrogen-bond donors (Lipinski definition) is 0. The molecule has 0 atom stereocenters. The molecule has 0 spiro atoms. The maximum atomic E-state index is 13.5. The van der Waals surface area contributed by atoms with Crippen molar-refractivity contribution in [1.29, 1.82) is 0 Å². The van der Waals surface area contributed by atoms with Gasteiger partial charge in [0.25, 0.3) is 0 Å². The quantitative estimate of drug-likeness (QED) is 0.314. The van der Waals surface area contributed by atoms with Crippen molar-refractivity contribution in [3.05, 3.63) is 0 Å². The zero-order chi connectivity index (χ0) is 25.7. The molecule has 0 amide bonds. The largest absolute Gasteiger partial charge is 0.460 e. The molecule has 0 aromatic rings. The fraction of sp³-hybridized carbons (Fsp3) is 1.00. The monoisotopic (exact) mass is 505 g/mol. The summed E-state index contributed by atoms with van der Waals surface area (Å²) in [5.41, 5.74) is 0. The number of rotatable bonds is 10. The summed E-state index contributed by atoms with van der Waals surface area (Å²) in [4.78, 5) is 0.995. The molecule has 0 aliphatic carbocycles. The van der Waals surface area contributed by atoms with E-state index in [0.717, 1.165) is 19.0 Å². The lowest BCUT2D eigenvalue weighted by Crippen LogP contribution is -2.74. The van der Waals surface area contributed by atoms with Crippen LogP contribution < -0.4 is 0 Å². The number of halogens is 17. The molecule has 0 aromatic carbocycles. The first-order valence-corrected chi connectivity index (χ1v) is 7.53. The van der Waals surface area contributed by atoms with Crippen molar-refractivity contribution in [2.75, 3.05) is 20.6 Å². The minimum absolute atomic E-state index is 0.570. The molecule has 0 rings (SSSR count). The Bertz CT molecular complexity index is 618. The van der Waals surface area contributed by atoms with Crippen LogP contribution in [0.1, 0.15) is 12.8 Å². The van der Waals surface area contributed by atoms with Crippen LogP contribution in [0.2, 0.25) is 0 Å². The van der Waals surface area contributed by atoms with Gasteiger partial charge in [-0.3, -0.25) is 0 Å². The van der Waals surface area contributed by atoms with Gasteiger partial charge in [0.1, 0.15) is 0 Å². The van der Waals surface area contributed by atoms with Gasteiger partial charge in [0.2, 0.25) is 0 Å². The van der Waals surface area contributed by atoms with Crippen molar-refractivity contribution in [3.63, 3.8) is 0 Å². The van der Waals surface area contributed by atoms with E-state index in [4.69, 9.17) is 0 Å². The summed E-state index contributed by atoms with van der Waals surface area (Å²) < 4.78 is 221. The molecule has 0 N–H and O–H groups in total. The molecule has 18 heteroatoms. The van der Waals surface area contributed by atoms with Crippen LogP contribution in [0, 0.1) is 0 Å². The van der Waals surface area contributed by atoms with Crippen LogP contribution in [-0.4, -0.2) is 73.2 Å². The van der Waals surface area contributed by atoms with Gasteiger partial charge in [0.05, 0.1) is 0 Å². The van der Waals surface area contributed by atoms with Crippen LogP contribution in [0.3, 0.4) is 0 Å². The van der Waals surface area contributed by atoms with Gasteiger partial charge >= 0.3 is 47.6 Å². The molecule has 1 nitrogen and oxygen atoms in total. The molecule has 0 aliphatic heterocycles. The highest BCUT2D eigenvalue weighted by atomic mass is 19.4. The van der Waals surface area contributed by atoms with Crippen molar-refractivity contribution >= 4 is 0 Å². The van der Waals surface area contributed by atoms with E-state index in [1.54, 1.807) is 0 Å². The van der Waals surface area contributed by atoms with E-state index >= 15 is 0 Å². The van der Waals surface area contributed by atoms with Gasteiger partial charge in [-0.05, 0) is 27.1 Å². The Kier molecular flexibility index (Phi) is 7.65. The smallest absolute Gasteiger partial charge is 0.309 e. The summed E-state index contributed by atoms with van der Waals surface area (Å²) in [5.74, 6) is -55.8. The van der Waals surface area contributed by atoms with Crippen molar-refractivity contribution in [3.8, 4) is 0 Å². The first-order valence-electron chi connectivity index (χ1n) is 7.53. The topological polar surface area (TPSA) is 3.24 Å². The molecule has 0 unspecified atom stereocenters. The fourth-order valence-corrected chi connectivity index (χ4v) is 1.97. The van der Waals surface area contributed by atoms with Gasteiger partial charge in [-0.15, -0.1) is 0 Å². The third-order valence-corrected chi connectivity index (χ3v) is 3.88. The van der Waals surface area contributed by atoms with E-state index in [1.807, 2.05) is 0 Å². The summed E-state index contributed by atoms with van der Waals surface area (Å²) in [7, 11) is 2.28. The molecule has 0 radical (unpaired) electrons. The first kappa shape index (κ1) is 29.8. The Morgan fingerprint density at radius 3 is 1.03 bits per heavy atom. The number of nitrogens with zero attached hydrogens (tertiary/aromatic N) is 1. The third kappa shape index (κ3) is 4.36. The lowest BCUT2D eigenvalue weighted by atomic mass is 9.88. The average molecular weight is 505 g/mol. The summed E-state index contributed by atoms with van der Waals surface area (Å²) in [6.45, 7) is -0.570. The molecular weight excluding hydrogens is 493 g/mol. The van der Waals surface area contributed by atoms with Crippen LogP contribution in [0.5, 0.6) is 0 Å². The summed E-state index contributed by atoms with van der Waals surface area (Å²) in [6, 6.07) is 0. The molecule has 188 valence electrons. The van der Waals surface area contributed by atoms with Crippen molar-refractivity contribution in [2.45, 2.75) is 60.5 Å².